The molecule has 1 rings (SSSR count). The maximum atomic E-state index is 4.55. The fourth-order valence-corrected chi connectivity index (χ4v) is 0.671. The molecule has 3 heteroatoms. The molecule has 1 aliphatic heterocycles. The van der Waals surface area contributed by atoms with Gasteiger partial charge in [-0.2, -0.15) is 0 Å². The van der Waals surface area contributed by atoms with Crippen molar-refractivity contribution in [1.82, 2.24) is 0 Å². The molecule has 0 radical (unpaired) electrons. The normalized spacial score (nSPS) is 17.9. The van der Waals surface area contributed by atoms with E-state index in [4.69, 9.17) is 0 Å². The third kappa shape index (κ3) is 1.26. The van der Waals surface area contributed by atoms with E-state index in [2.05, 4.69) is 22.1 Å². The molecule has 0 N–H and O–H groups in total. The van der Waals surface area contributed by atoms with Crippen LogP contribution < -0.4 is 0 Å². The number of hydrogen-bond donors (Lipinski definition) is 1. The van der Waals surface area contributed by atoms with Crippen molar-refractivity contribution in [3.05, 3.63) is 12.0 Å². The van der Waals surface area contributed by atoms with Crippen molar-refractivity contribution < 1.29 is 4.18 Å². The van der Waals surface area contributed by atoms with E-state index in [0.717, 1.165) is 12.8 Å². The fourth-order valence-electron chi connectivity index (χ4n) is 0.549. The van der Waals surface area contributed by atoms with Crippen molar-refractivity contribution >= 4 is 19.1 Å². The summed E-state index contributed by atoms with van der Waals surface area (Å²) in [5.74, 6) is 0.611. The Morgan fingerprint density at radius 1 is 1.62 bits per heavy atom. The number of nitrogens with zero attached hydrogens (tertiary/aromatic N) is 1. The zero-order valence-electron chi connectivity index (χ0n) is 4.37. The van der Waals surface area contributed by atoms with Gasteiger partial charge in [-0.25, -0.2) is 4.99 Å². The molecule has 0 saturated carbocycles. The lowest BCUT2D eigenvalue weighted by Gasteiger charge is -2.00. The summed E-state index contributed by atoms with van der Waals surface area (Å²) in [6.07, 6.45) is 5.76. The largest absolute Gasteiger partial charge is 0.409 e. The lowest BCUT2D eigenvalue weighted by molar-refractivity contribution is 0.496. The van der Waals surface area contributed by atoms with Crippen LogP contribution in [-0.4, -0.2) is 6.21 Å². The van der Waals surface area contributed by atoms with E-state index < -0.39 is 0 Å². The van der Waals surface area contributed by atoms with Crippen LogP contribution in [0, 0.1) is 0 Å². The van der Waals surface area contributed by atoms with Crippen molar-refractivity contribution in [1.29, 1.82) is 0 Å². The Hall–Kier alpha value is -0.440. The highest BCUT2D eigenvalue weighted by atomic mass is 32.1. The SMILES string of the molecule is SOC1=CCCC=N1. The summed E-state index contributed by atoms with van der Waals surface area (Å²) in [5, 5.41) is 0. The highest BCUT2D eigenvalue weighted by molar-refractivity contribution is 7.75. The van der Waals surface area contributed by atoms with E-state index in [9.17, 15) is 0 Å². The molecule has 1 heterocycles. The van der Waals surface area contributed by atoms with Crippen LogP contribution in [0.1, 0.15) is 12.8 Å². The van der Waals surface area contributed by atoms with Crippen molar-refractivity contribution in [2.45, 2.75) is 12.8 Å². The van der Waals surface area contributed by atoms with Gasteiger partial charge in [0.1, 0.15) is 0 Å². The molecule has 0 amide bonds. The van der Waals surface area contributed by atoms with Crippen molar-refractivity contribution in [3.8, 4) is 0 Å². The lowest BCUT2D eigenvalue weighted by atomic mass is 10.3. The van der Waals surface area contributed by atoms with Gasteiger partial charge in [-0.1, -0.05) is 0 Å². The molecule has 2 nitrogen and oxygen atoms in total. The van der Waals surface area contributed by atoms with E-state index in [-0.39, 0.29) is 0 Å². The Labute approximate surface area is 53.9 Å². The Morgan fingerprint density at radius 2 is 2.50 bits per heavy atom. The first kappa shape index (κ1) is 5.69. The van der Waals surface area contributed by atoms with Gasteiger partial charge in [0, 0.05) is 19.1 Å². The van der Waals surface area contributed by atoms with E-state index in [1.165, 1.54) is 0 Å². The molecule has 0 unspecified atom stereocenters. The molecule has 0 saturated heterocycles. The van der Waals surface area contributed by atoms with Crippen LogP contribution in [0.2, 0.25) is 0 Å². The highest BCUT2D eigenvalue weighted by Crippen LogP contribution is 2.08. The average molecular weight is 129 g/mol. The second kappa shape index (κ2) is 2.77. The van der Waals surface area contributed by atoms with Crippen LogP contribution in [0.25, 0.3) is 0 Å². The van der Waals surface area contributed by atoms with Crippen LogP contribution in [0.3, 0.4) is 0 Å². The maximum Gasteiger partial charge on any atom is 0.223 e. The molecule has 0 fully saturated rings. The van der Waals surface area contributed by atoms with Gasteiger partial charge in [0.25, 0.3) is 0 Å². The molecule has 0 aromatic carbocycles. The first-order valence-corrected chi connectivity index (χ1v) is 2.84. The fraction of sp³-hybridized carbons (Fsp3) is 0.400. The second-order valence-electron chi connectivity index (χ2n) is 1.52. The Morgan fingerprint density at radius 3 is 2.88 bits per heavy atom. The van der Waals surface area contributed by atoms with E-state index in [1.807, 2.05) is 12.3 Å². The number of allylic oxidation sites excluding steroid dienone is 1. The Kier molecular flexibility index (Phi) is 1.97. The van der Waals surface area contributed by atoms with Gasteiger partial charge in [0.2, 0.25) is 5.88 Å². The van der Waals surface area contributed by atoms with Gasteiger partial charge in [-0.3, -0.25) is 0 Å². The number of thiol groups is 1. The molecule has 0 aromatic rings. The average Bonchev–Trinajstić information content (AvgIpc) is 1.90. The van der Waals surface area contributed by atoms with Crippen LogP contribution in [0.5, 0.6) is 0 Å². The molecule has 0 aliphatic carbocycles. The van der Waals surface area contributed by atoms with Gasteiger partial charge in [-0.05, 0) is 18.9 Å². The molecular formula is C5H7NOS. The van der Waals surface area contributed by atoms with Crippen LogP contribution in [0.15, 0.2) is 17.0 Å². The maximum absolute atomic E-state index is 4.55. The number of aliphatic imine (C=N–C) groups is 1. The summed E-state index contributed by atoms with van der Waals surface area (Å²) in [5.41, 5.74) is 0. The molecule has 0 atom stereocenters. The molecule has 0 spiro atoms. The quantitative estimate of drug-likeness (QED) is 0.421. The van der Waals surface area contributed by atoms with Crippen LogP contribution in [0.4, 0.5) is 0 Å². The van der Waals surface area contributed by atoms with Crippen molar-refractivity contribution in [2.75, 3.05) is 0 Å². The smallest absolute Gasteiger partial charge is 0.223 e. The monoisotopic (exact) mass is 129 g/mol. The molecular weight excluding hydrogens is 122 g/mol. The minimum absolute atomic E-state index is 0.611. The molecule has 0 bridgehead atoms. The molecule has 1 aliphatic rings. The predicted octanol–water partition coefficient (Wildman–Crippen LogP) is 1.55. The predicted molar refractivity (Wildman–Crippen MR) is 35.9 cm³/mol. The van der Waals surface area contributed by atoms with E-state index >= 15 is 0 Å². The van der Waals surface area contributed by atoms with Gasteiger partial charge in [0.15, 0.2) is 0 Å². The third-order valence-corrected chi connectivity index (χ3v) is 1.11. The van der Waals surface area contributed by atoms with E-state index in [1.54, 1.807) is 0 Å². The summed E-state index contributed by atoms with van der Waals surface area (Å²) in [7, 11) is 0. The first-order chi connectivity index (χ1) is 3.93. The van der Waals surface area contributed by atoms with Crippen LogP contribution >= 0.6 is 12.9 Å². The zero-order valence-corrected chi connectivity index (χ0v) is 5.27. The van der Waals surface area contributed by atoms with Gasteiger partial charge >= 0.3 is 0 Å². The van der Waals surface area contributed by atoms with Crippen LogP contribution in [-0.2, 0) is 4.18 Å². The molecule has 8 heavy (non-hydrogen) atoms. The topological polar surface area (TPSA) is 21.6 Å². The van der Waals surface area contributed by atoms with Crippen molar-refractivity contribution in [3.63, 3.8) is 0 Å². The second-order valence-corrected chi connectivity index (χ2v) is 1.71. The van der Waals surface area contributed by atoms with Gasteiger partial charge in [-0.15, -0.1) is 0 Å². The standard InChI is InChI=1S/C5H7NOS/c8-7-5-3-1-2-4-6-5/h3-4,8H,1-2H2. The minimum Gasteiger partial charge on any atom is -0.409 e. The molecule has 0 aromatic heterocycles. The van der Waals surface area contributed by atoms with E-state index in [0.29, 0.717) is 5.88 Å². The van der Waals surface area contributed by atoms with Crippen molar-refractivity contribution in [2.24, 2.45) is 4.99 Å². The Bertz CT molecular complexity index is 130. The summed E-state index contributed by atoms with van der Waals surface area (Å²) in [4.78, 5) is 3.89. The minimum atomic E-state index is 0.611. The number of rotatable bonds is 1. The summed E-state index contributed by atoms with van der Waals surface area (Å²) in [6, 6.07) is 0. The lowest BCUT2D eigenvalue weighted by Crippen LogP contribution is -1.86. The highest BCUT2D eigenvalue weighted by Gasteiger charge is 1.94. The Balaban J connectivity index is 2.51. The number of hydrogen-bond acceptors (Lipinski definition) is 3. The molecule has 44 valence electrons. The summed E-state index contributed by atoms with van der Waals surface area (Å²) in [6.45, 7) is 0. The first-order valence-electron chi connectivity index (χ1n) is 2.47. The van der Waals surface area contributed by atoms with Gasteiger partial charge < -0.3 is 4.18 Å². The summed E-state index contributed by atoms with van der Waals surface area (Å²) >= 11 is 3.58. The third-order valence-electron chi connectivity index (χ3n) is 0.927. The summed E-state index contributed by atoms with van der Waals surface area (Å²) < 4.78 is 4.55. The zero-order chi connectivity index (χ0) is 5.82. The van der Waals surface area contributed by atoms with Gasteiger partial charge in [0.05, 0.1) is 0 Å².